The summed E-state index contributed by atoms with van der Waals surface area (Å²) in [6, 6.07) is 22.7. The van der Waals surface area contributed by atoms with Gasteiger partial charge in [0.25, 0.3) is 10.0 Å². The third kappa shape index (κ3) is 5.65. The molecular formula is C28H28N4O4S. The Balaban J connectivity index is 1.77. The molecule has 1 heterocycles. The number of esters is 1. The molecule has 0 atom stereocenters. The van der Waals surface area contributed by atoms with Crippen LogP contribution in [0.25, 0.3) is 11.0 Å². The summed E-state index contributed by atoms with van der Waals surface area (Å²) in [6.45, 7) is 4.20. The van der Waals surface area contributed by atoms with Crippen molar-refractivity contribution in [3.63, 3.8) is 0 Å². The number of aromatic nitrogens is 2. The Morgan fingerprint density at radius 2 is 1.78 bits per heavy atom. The molecule has 190 valence electrons. The van der Waals surface area contributed by atoms with Gasteiger partial charge in [-0.1, -0.05) is 37.3 Å². The van der Waals surface area contributed by atoms with E-state index in [2.05, 4.69) is 17.6 Å². The lowest BCUT2D eigenvalue weighted by Crippen LogP contribution is -2.36. The SMILES string of the molecule is CCCn1c(Cc2ccc(C#N)cc2)nc2cc(N(CC(=O)OCC)S(=O)(=O)c3ccccc3)ccc21. The highest BCUT2D eigenvalue weighted by Crippen LogP contribution is 2.29. The Morgan fingerprint density at radius 1 is 1.05 bits per heavy atom. The third-order valence-corrected chi connectivity index (χ3v) is 7.69. The number of aryl methyl sites for hydroxylation is 1. The molecule has 0 amide bonds. The normalized spacial score (nSPS) is 11.3. The summed E-state index contributed by atoms with van der Waals surface area (Å²) in [5.41, 5.74) is 3.45. The molecule has 1 aromatic heterocycles. The maximum atomic E-state index is 13.5. The second kappa shape index (κ2) is 11.3. The Kier molecular flexibility index (Phi) is 7.89. The molecule has 0 radical (unpaired) electrons. The average molecular weight is 517 g/mol. The van der Waals surface area contributed by atoms with Crippen LogP contribution in [-0.2, 0) is 32.5 Å². The lowest BCUT2D eigenvalue weighted by atomic mass is 10.1. The predicted molar refractivity (Wildman–Crippen MR) is 142 cm³/mol. The maximum absolute atomic E-state index is 13.5. The van der Waals surface area contributed by atoms with Gasteiger partial charge in [0.1, 0.15) is 12.4 Å². The van der Waals surface area contributed by atoms with Gasteiger partial charge in [0.15, 0.2) is 0 Å². The first-order valence-corrected chi connectivity index (χ1v) is 13.5. The van der Waals surface area contributed by atoms with Gasteiger partial charge in [-0.3, -0.25) is 9.10 Å². The van der Waals surface area contributed by atoms with Crippen molar-refractivity contribution in [2.45, 2.75) is 38.1 Å². The zero-order valence-electron chi connectivity index (χ0n) is 20.8. The molecule has 0 bridgehead atoms. The Labute approximate surface area is 216 Å². The highest BCUT2D eigenvalue weighted by atomic mass is 32.2. The lowest BCUT2D eigenvalue weighted by molar-refractivity contribution is -0.141. The maximum Gasteiger partial charge on any atom is 0.326 e. The molecule has 8 nitrogen and oxygen atoms in total. The number of carbonyl (C=O) groups is 1. The molecule has 0 aliphatic heterocycles. The molecule has 3 aromatic carbocycles. The molecule has 0 fully saturated rings. The first-order valence-electron chi connectivity index (χ1n) is 12.1. The van der Waals surface area contributed by atoms with E-state index in [4.69, 9.17) is 15.0 Å². The van der Waals surface area contributed by atoms with Crippen molar-refractivity contribution in [2.75, 3.05) is 17.5 Å². The second-order valence-corrected chi connectivity index (χ2v) is 10.3. The molecule has 0 aliphatic carbocycles. The second-order valence-electron chi connectivity index (χ2n) is 8.47. The summed E-state index contributed by atoms with van der Waals surface area (Å²) < 4.78 is 35.4. The Bertz CT molecular complexity index is 1540. The first kappa shape index (κ1) is 25.9. The number of sulfonamides is 1. The standard InChI is InChI=1S/C28H28N4O4S/c1-3-16-31-26-15-14-23(18-25(26)30-27(31)17-21-10-12-22(19-29)13-11-21)32(20-28(33)36-4-2)37(34,35)24-8-6-5-7-9-24/h5-15,18H,3-4,16-17,20H2,1-2H3. The molecule has 0 unspecified atom stereocenters. The number of hydrogen-bond acceptors (Lipinski definition) is 6. The minimum atomic E-state index is -4.03. The van der Waals surface area contributed by atoms with E-state index in [1.165, 1.54) is 12.1 Å². The van der Waals surface area contributed by atoms with Crippen molar-refractivity contribution in [1.29, 1.82) is 5.26 Å². The predicted octanol–water partition coefficient (Wildman–Crippen LogP) is 4.67. The number of anilines is 1. The van der Waals surface area contributed by atoms with Crippen molar-refractivity contribution in [3.8, 4) is 6.07 Å². The highest BCUT2D eigenvalue weighted by molar-refractivity contribution is 7.92. The van der Waals surface area contributed by atoms with Crippen LogP contribution >= 0.6 is 0 Å². The average Bonchev–Trinajstić information content (AvgIpc) is 3.24. The quantitative estimate of drug-likeness (QED) is 0.284. The molecule has 4 aromatic rings. The van der Waals surface area contributed by atoms with Gasteiger partial charge in [-0.25, -0.2) is 13.4 Å². The summed E-state index contributed by atoms with van der Waals surface area (Å²) in [7, 11) is -4.03. The number of fused-ring (bicyclic) bond motifs is 1. The van der Waals surface area contributed by atoms with Gasteiger partial charge in [-0.2, -0.15) is 5.26 Å². The zero-order chi connectivity index (χ0) is 26.4. The van der Waals surface area contributed by atoms with Crippen LogP contribution in [0.1, 0.15) is 37.2 Å². The number of carbonyl (C=O) groups excluding carboxylic acids is 1. The summed E-state index contributed by atoms with van der Waals surface area (Å²) in [5, 5.41) is 9.07. The summed E-state index contributed by atoms with van der Waals surface area (Å²) in [5.74, 6) is 0.196. The van der Waals surface area contributed by atoms with Crippen molar-refractivity contribution in [2.24, 2.45) is 0 Å². The van der Waals surface area contributed by atoms with Gasteiger partial charge in [-0.05, 0) is 61.4 Å². The molecule has 0 spiro atoms. The van der Waals surface area contributed by atoms with Crippen LogP contribution in [0.3, 0.4) is 0 Å². The molecule has 4 rings (SSSR count). The molecule has 0 saturated heterocycles. The van der Waals surface area contributed by atoms with Crippen LogP contribution in [0.2, 0.25) is 0 Å². The van der Waals surface area contributed by atoms with E-state index < -0.39 is 22.5 Å². The van der Waals surface area contributed by atoms with Gasteiger partial charge in [0, 0.05) is 13.0 Å². The van der Waals surface area contributed by atoms with Crippen molar-refractivity contribution in [1.82, 2.24) is 9.55 Å². The minimum Gasteiger partial charge on any atom is -0.465 e. The zero-order valence-corrected chi connectivity index (χ0v) is 21.6. The van der Waals surface area contributed by atoms with E-state index in [0.29, 0.717) is 23.2 Å². The van der Waals surface area contributed by atoms with Crippen LogP contribution in [-0.4, -0.2) is 37.1 Å². The van der Waals surface area contributed by atoms with Gasteiger partial charge in [0.05, 0.1) is 39.9 Å². The summed E-state index contributed by atoms with van der Waals surface area (Å²) in [6.07, 6.45) is 1.45. The van der Waals surface area contributed by atoms with Crippen molar-refractivity contribution < 1.29 is 17.9 Å². The fraction of sp³-hybridized carbons (Fsp3) is 0.250. The summed E-state index contributed by atoms with van der Waals surface area (Å²) in [4.78, 5) is 17.3. The van der Waals surface area contributed by atoms with Crippen LogP contribution < -0.4 is 4.31 Å². The molecule has 0 saturated carbocycles. The van der Waals surface area contributed by atoms with Gasteiger partial charge >= 0.3 is 5.97 Å². The molecule has 0 aliphatic rings. The molecule has 0 N–H and O–H groups in total. The number of nitriles is 1. The third-order valence-electron chi connectivity index (χ3n) is 5.90. The number of ether oxygens (including phenoxy) is 1. The Hall–Kier alpha value is -4.16. The van der Waals surface area contributed by atoms with Crippen LogP contribution in [0.15, 0.2) is 77.7 Å². The number of benzene rings is 3. The van der Waals surface area contributed by atoms with Crippen LogP contribution in [0.4, 0.5) is 5.69 Å². The number of imidazole rings is 1. The van der Waals surface area contributed by atoms with Crippen LogP contribution in [0.5, 0.6) is 0 Å². The number of hydrogen-bond donors (Lipinski definition) is 0. The summed E-state index contributed by atoms with van der Waals surface area (Å²) >= 11 is 0. The van der Waals surface area contributed by atoms with E-state index in [1.54, 1.807) is 49.4 Å². The minimum absolute atomic E-state index is 0.0809. The Morgan fingerprint density at radius 3 is 2.43 bits per heavy atom. The number of nitrogens with zero attached hydrogens (tertiary/aromatic N) is 4. The van der Waals surface area contributed by atoms with E-state index in [9.17, 15) is 13.2 Å². The van der Waals surface area contributed by atoms with Crippen LogP contribution in [0, 0.1) is 11.3 Å². The first-order chi connectivity index (χ1) is 17.9. The lowest BCUT2D eigenvalue weighted by Gasteiger charge is -2.23. The van der Waals surface area contributed by atoms with E-state index in [1.807, 2.05) is 18.2 Å². The van der Waals surface area contributed by atoms with E-state index in [0.717, 1.165) is 34.2 Å². The fourth-order valence-electron chi connectivity index (χ4n) is 4.17. The molecular weight excluding hydrogens is 488 g/mol. The van der Waals surface area contributed by atoms with Crippen molar-refractivity contribution in [3.05, 3.63) is 89.7 Å². The van der Waals surface area contributed by atoms with Crippen molar-refractivity contribution >= 4 is 32.7 Å². The topological polar surface area (TPSA) is 105 Å². The molecule has 9 heteroatoms. The monoisotopic (exact) mass is 516 g/mol. The largest absolute Gasteiger partial charge is 0.465 e. The fourth-order valence-corrected chi connectivity index (χ4v) is 5.59. The number of rotatable bonds is 10. The van der Waals surface area contributed by atoms with E-state index in [-0.39, 0.29) is 11.5 Å². The van der Waals surface area contributed by atoms with Gasteiger partial charge in [-0.15, -0.1) is 0 Å². The highest BCUT2D eigenvalue weighted by Gasteiger charge is 2.28. The van der Waals surface area contributed by atoms with Gasteiger partial charge < -0.3 is 9.30 Å². The smallest absolute Gasteiger partial charge is 0.326 e. The van der Waals surface area contributed by atoms with E-state index >= 15 is 0 Å². The molecule has 37 heavy (non-hydrogen) atoms. The van der Waals surface area contributed by atoms with Gasteiger partial charge in [0.2, 0.25) is 0 Å².